The van der Waals surface area contributed by atoms with Crippen LogP contribution in [0.5, 0.6) is 0 Å². The lowest BCUT2D eigenvalue weighted by molar-refractivity contribution is 0.528. The smallest absolute Gasteiger partial charge is 0.260 e. The van der Waals surface area contributed by atoms with Gasteiger partial charge in [-0.3, -0.25) is 14.1 Å². The number of anilines is 2. The Kier molecular flexibility index (Phi) is 6.53. The molecule has 2 aromatic carbocycles. The summed E-state index contributed by atoms with van der Waals surface area (Å²) < 4.78 is 57.4. The van der Waals surface area contributed by atoms with Crippen LogP contribution in [-0.2, 0) is 15.8 Å². The molecule has 0 fully saturated rings. The highest BCUT2D eigenvalue weighted by Gasteiger charge is 2.20. The minimum absolute atomic E-state index is 0.0276. The van der Waals surface area contributed by atoms with Crippen LogP contribution in [0.15, 0.2) is 59.5 Å². The van der Waals surface area contributed by atoms with Crippen molar-refractivity contribution in [2.24, 2.45) is 0 Å². The average molecular weight is 500 g/mol. The number of fused-ring (bicyclic) bond motifs is 1. The van der Waals surface area contributed by atoms with Gasteiger partial charge in [0.15, 0.2) is 0 Å². The molecule has 0 aliphatic rings. The molecule has 0 aliphatic carbocycles. The Labute approximate surface area is 200 Å². The highest BCUT2D eigenvalue weighted by Crippen LogP contribution is 2.27. The third-order valence-electron chi connectivity index (χ3n) is 5.67. The van der Waals surface area contributed by atoms with E-state index in [1.807, 2.05) is 13.8 Å². The number of sulfonamides is 1. The molecule has 0 amide bonds. The molecule has 2 aromatic heterocycles. The number of halogens is 2. The topological polar surface area (TPSA) is 120 Å². The maximum atomic E-state index is 15.0. The summed E-state index contributed by atoms with van der Waals surface area (Å²) in [6, 6.07) is 10.5. The van der Waals surface area contributed by atoms with E-state index >= 15 is 0 Å². The van der Waals surface area contributed by atoms with Gasteiger partial charge in [-0.05, 0) is 43.2 Å². The Hall–Kier alpha value is -3.86. The Morgan fingerprint density at radius 3 is 2.54 bits per heavy atom. The molecule has 0 spiro atoms. The van der Waals surface area contributed by atoms with E-state index in [-0.39, 0.29) is 34.4 Å². The van der Waals surface area contributed by atoms with Crippen molar-refractivity contribution in [3.05, 3.63) is 82.3 Å². The molecule has 8 nitrogen and oxygen atoms in total. The van der Waals surface area contributed by atoms with E-state index in [9.17, 15) is 22.0 Å². The summed E-state index contributed by atoms with van der Waals surface area (Å²) in [5, 5.41) is 0.546. The summed E-state index contributed by atoms with van der Waals surface area (Å²) in [5.74, 6) is -2.19. The molecule has 35 heavy (non-hydrogen) atoms. The highest BCUT2D eigenvalue weighted by molar-refractivity contribution is 7.91. The first-order valence-corrected chi connectivity index (χ1v) is 12.5. The molecule has 0 saturated heterocycles. The van der Waals surface area contributed by atoms with E-state index in [0.717, 1.165) is 12.1 Å². The molecule has 1 atom stereocenters. The van der Waals surface area contributed by atoms with Crippen molar-refractivity contribution in [2.75, 3.05) is 10.5 Å². The van der Waals surface area contributed by atoms with Crippen LogP contribution in [0.4, 0.5) is 20.4 Å². The zero-order valence-corrected chi connectivity index (χ0v) is 19.8. The molecule has 0 saturated carbocycles. The lowest BCUT2D eigenvalue weighted by Gasteiger charge is -2.18. The standard InChI is InChI=1S/C24H23F2N5O3S/c1-3-14(2)31-22-17(12-28-24(27)29-22)10-18(23(31)32)15-8-9-21(20(26)11-15)30-35(33,34)13-16-6-4-5-7-19(16)25/h4-12,14,30H,3,13H2,1-2H3,(H2,27,28,29)/t14-/m0/s1. The van der Waals surface area contributed by atoms with Crippen LogP contribution in [0, 0.1) is 11.6 Å². The first-order chi connectivity index (χ1) is 16.6. The largest absolute Gasteiger partial charge is 0.368 e. The van der Waals surface area contributed by atoms with Crippen molar-refractivity contribution in [3.63, 3.8) is 0 Å². The minimum Gasteiger partial charge on any atom is -0.368 e. The van der Waals surface area contributed by atoms with Gasteiger partial charge in [0, 0.05) is 28.8 Å². The lowest BCUT2D eigenvalue weighted by atomic mass is 10.0. The number of nitrogens with two attached hydrogens (primary N) is 1. The predicted octanol–water partition coefficient (Wildman–Crippen LogP) is 4.23. The number of benzene rings is 2. The van der Waals surface area contributed by atoms with Gasteiger partial charge < -0.3 is 5.73 Å². The Balaban J connectivity index is 1.72. The molecule has 0 aliphatic heterocycles. The molecule has 4 rings (SSSR count). The number of pyridine rings is 1. The van der Waals surface area contributed by atoms with Crippen LogP contribution < -0.4 is 16.0 Å². The van der Waals surface area contributed by atoms with E-state index in [2.05, 4.69) is 14.7 Å². The van der Waals surface area contributed by atoms with Crippen LogP contribution in [0.1, 0.15) is 31.9 Å². The summed E-state index contributed by atoms with van der Waals surface area (Å²) in [6.45, 7) is 3.78. The van der Waals surface area contributed by atoms with Gasteiger partial charge >= 0.3 is 0 Å². The number of hydrogen-bond donors (Lipinski definition) is 2. The lowest BCUT2D eigenvalue weighted by Crippen LogP contribution is -2.26. The van der Waals surface area contributed by atoms with Crippen LogP contribution >= 0.6 is 0 Å². The monoisotopic (exact) mass is 499 g/mol. The summed E-state index contributed by atoms with van der Waals surface area (Å²) in [5.41, 5.74) is 5.79. The van der Waals surface area contributed by atoms with Gasteiger partial charge in [0.1, 0.15) is 17.3 Å². The van der Waals surface area contributed by atoms with Gasteiger partial charge in [0.2, 0.25) is 16.0 Å². The fourth-order valence-electron chi connectivity index (χ4n) is 3.72. The molecular formula is C24H23F2N5O3S. The van der Waals surface area contributed by atoms with Gasteiger partial charge in [-0.2, -0.15) is 4.98 Å². The van der Waals surface area contributed by atoms with Gasteiger partial charge in [0.05, 0.1) is 11.4 Å². The Morgan fingerprint density at radius 2 is 1.86 bits per heavy atom. The van der Waals surface area contributed by atoms with Crippen molar-refractivity contribution in [3.8, 4) is 11.1 Å². The number of hydrogen-bond acceptors (Lipinski definition) is 6. The van der Waals surface area contributed by atoms with Gasteiger partial charge in [-0.1, -0.05) is 31.2 Å². The summed E-state index contributed by atoms with van der Waals surface area (Å²) in [4.78, 5) is 21.5. The summed E-state index contributed by atoms with van der Waals surface area (Å²) in [7, 11) is -4.10. The Morgan fingerprint density at radius 1 is 1.11 bits per heavy atom. The van der Waals surface area contributed by atoms with Crippen molar-refractivity contribution in [1.82, 2.24) is 14.5 Å². The summed E-state index contributed by atoms with van der Waals surface area (Å²) in [6.07, 6.45) is 2.13. The van der Waals surface area contributed by atoms with Gasteiger partial charge in [-0.15, -0.1) is 0 Å². The van der Waals surface area contributed by atoms with Crippen molar-refractivity contribution in [1.29, 1.82) is 0 Å². The zero-order valence-electron chi connectivity index (χ0n) is 19.0. The second-order valence-electron chi connectivity index (χ2n) is 8.14. The normalized spacial score (nSPS) is 12.6. The van der Waals surface area contributed by atoms with E-state index in [1.54, 1.807) is 6.07 Å². The number of nitrogens with zero attached hydrogens (tertiary/aromatic N) is 3. The second-order valence-corrected chi connectivity index (χ2v) is 9.87. The number of rotatable bonds is 7. The van der Waals surface area contributed by atoms with Gasteiger partial charge in [-0.25, -0.2) is 22.2 Å². The third kappa shape index (κ3) is 4.99. The minimum atomic E-state index is -4.10. The third-order valence-corrected chi connectivity index (χ3v) is 6.89. The molecule has 0 unspecified atom stereocenters. The highest BCUT2D eigenvalue weighted by atomic mass is 32.2. The van der Waals surface area contributed by atoms with Crippen LogP contribution in [0.25, 0.3) is 22.2 Å². The van der Waals surface area contributed by atoms with E-state index in [1.165, 1.54) is 41.1 Å². The quantitative estimate of drug-likeness (QED) is 0.393. The molecular weight excluding hydrogens is 476 g/mol. The van der Waals surface area contributed by atoms with Gasteiger partial charge in [0.25, 0.3) is 5.56 Å². The average Bonchev–Trinajstić information content (AvgIpc) is 2.81. The van der Waals surface area contributed by atoms with Crippen molar-refractivity contribution < 1.29 is 17.2 Å². The Bertz CT molecular complexity index is 1590. The zero-order chi connectivity index (χ0) is 25.3. The summed E-state index contributed by atoms with van der Waals surface area (Å²) >= 11 is 0. The first-order valence-electron chi connectivity index (χ1n) is 10.8. The molecule has 0 bridgehead atoms. The SMILES string of the molecule is CC[C@H](C)n1c(=O)c(-c2ccc(NS(=O)(=O)Cc3ccccc3F)c(F)c2)cc2cnc(N)nc21. The first kappa shape index (κ1) is 24.3. The van der Waals surface area contributed by atoms with E-state index in [4.69, 9.17) is 5.73 Å². The maximum Gasteiger partial charge on any atom is 0.260 e. The molecule has 11 heteroatoms. The molecule has 0 radical (unpaired) electrons. The maximum absolute atomic E-state index is 15.0. The van der Waals surface area contributed by atoms with Crippen molar-refractivity contribution >= 4 is 32.7 Å². The van der Waals surface area contributed by atoms with E-state index < -0.39 is 33.0 Å². The van der Waals surface area contributed by atoms with E-state index in [0.29, 0.717) is 17.5 Å². The second kappa shape index (κ2) is 9.41. The number of nitrogen functional groups attached to an aromatic ring is 1. The van der Waals surface area contributed by atoms with Crippen molar-refractivity contribution in [2.45, 2.75) is 32.1 Å². The molecule has 182 valence electrons. The molecule has 4 aromatic rings. The fourth-order valence-corrected chi connectivity index (χ4v) is 4.94. The van der Waals surface area contributed by atoms with Crippen LogP contribution in [0.2, 0.25) is 0 Å². The number of nitrogens with one attached hydrogen (secondary N) is 1. The molecule has 3 N–H and O–H groups in total. The fraction of sp³-hybridized carbons (Fsp3) is 0.208. The number of aromatic nitrogens is 3. The van der Waals surface area contributed by atoms with Crippen LogP contribution in [0.3, 0.4) is 0 Å². The van der Waals surface area contributed by atoms with Crippen LogP contribution in [-0.4, -0.2) is 23.0 Å². The molecule has 2 heterocycles. The predicted molar refractivity (Wildman–Crippen MR) is 131 cm³/mol.